The number of pyridine rings is 1. The second kappa shape index (κ2) is 4.57. The van der Waals surface area contributed by atoms with Crippen molar-refractivity contribution >= 4 is 5.97 Å². The molecule has 1 aromatic carbocycles. The van der Waals surface area contributed by atoms with Crippen LogP contribution in [0.5, 0.6) is 5.88 Å². The monoisotopic (exact) mass is 212 g/mol. The minimum atomic E-state index is -0.412. The number of aromatic nitrogens is 1. The first kappa shape index (κ1) is 10.4. The Morgan fingerprint density at radius 2 is 2.06 bits per heavy atom. The van der Waals surface area contributed by atoms with E-state index < -0.39 is 5.97 Å². The molecule has 79 valence electrons. The second-order valence-corrected chi connectivity index (χ2v) is 3.32. The summed E-state index contributed by atoms with van der Waals surface area (Å²) >= 11 is 0. The molecule has 3 nitrogen and oxygen atoms in total. The Labute approximate surface area is 93.7 Å². The third kappa shape index (κ3) is 2.45. The van der Waals surface area contributed by atoms with Gasteiger partial charge in [-0.25, -0.2) is 9.78 Å². The fourth-order valence-corrected chi connectivity index (χ4v) is 1.19. The average molecular weight is 212 g/mol. The van der Waals surface area contributed by atoms with Gasteiger partial charge in [-0.2, -0.15) is 0 Å². The minimum absolute atomic E-state index is 0.263. The lowest BCUT2D eigenvalue weighted by Gasteiger charge is -2.02. The van der Waals surface area contributed by atoms with Crippen LogP contribution in [0.25, 0.3) is 0 Å². The zero-order valence-corrected chi connectivity index (χ0v) is 8.81. The first-order valence-corrected chi connectivity index (χ1v) is 4.87. The van der Waals surface area contributed by atoms with Crippen molar-refractivity contribution in [1.29, 1.82) is 0 Å². The molecule has 1 radical (unpaired) electrons. The quantitative estimate of drug-likeness (QED) is 0.717. The summed E-state index contributed by atoms with van der Waals surface area (Å²) in [5, 5.41) is 0. The topological polar surface area (TPSA) is 39.2 Å². The normalized spacial score (nSPS) is 9.81. The van der Waals surface area contributed by atoms with E-state index >= 15 is 0 Å². The predicted molar refractivity (Wildman–Crippen MR) is 59.2 cm³/mol. The lowest BCUT2D eigenvalue weighted by Crippen LogP contribution is -2.09. The molecule has 0 amide bonds. The van der Waals surface area contributed by atoms with Gasteiger partial charge in [0, 0.05) is 12.3 Å². The predicted octanol–water partition coefficient (Wildman–Crippen LogP) is 2.41. The summed E-state index contributed by atoms with van der Waals surface area (Å²) in [6, 6.07) is 13.3. The summed E-state index contributed by atoms with van der Waals surface area (Å²) in [5.74, 6) is -0.148. The van der Waals surface area contributed by atoms with Crippen LogP contribution in [0.1, 0.15) is 15.9 Å². The Hall–Kier alpha value is -2.16. The molecule has 0 unspecified atom stereocenters. The highest BCUT2D eigenvalue weighted by Crippen LogP contribution is 2.09. The Balaban J connectivity index is 2.11. The molecule has 0 saturated heterocycles. The van der Waals surface area contributed by atoms with Crippen molar-refractivity contribution in [1.82, 2.24) is 4.98 Å². The number of hydrogen-bond acceptors (Lipinski definition) is 3. The van der Waals surface area contributed by atoms with Crippen LogP contribution in [0.3, 0.4) is 0 Å². The third-order valence-electron chi connectivity index (χ3n) is 2.02. The van der Waals surface area contributed by atoms with Crippen molar-refractivity contribution in [3.63, 3.8) is 0 Å². The van der Waals surface area contributed by atoms with Crippen molar-refractivity contribution in [3.05, 3.63) is 59.8 Å². The van der Waals surface area contributed by atoms with Gasteiger partial charge in [-0.15, -0.1) is 0 Å². The van der Waals surface area contributed by atoms with Crippen molar-refractivity contribution in [2.75, 3.05) is 0 Å². The van der Waals surface area contributed by atoms with Gasteiger partial charge in [0.1, 0.15) is 0 Å². The molecule has 0 bridgehead atoms. The second-order valence-electron chi connectivity index (χ2n) is 3.32. The molecule has 0 saturated carbocycles. The van der Waals surface area contributed by atoms with E-state index in [1.165, 1.54) is 0 Å². The average Bonchev–Trinajstić information content (AvgIpc) is 2.33. The maximum Gasteiger partial charge on any atom is 0.344 e. The third-order valence-corrected chi connectivity index (χ3v) is 2.02. The van der Waals surface area contributed by atoms with Gasteiger partial charge in [0.25, 0.3) is 0 Å². The lowest BCUT2D eigenvalue weighted by molar-refractivity contribution is 0.0727. The smallest absolute Gasteiger partial charge is 0.344 e. The number of nitrogens with zero attached hydrogens (tertiary/aromatic N) is 1. The molecule has 0 spiro atoms. The number of carbonyl (C=O) groups excluding carboxylic acids is 1. The van der Waals surface area contributed by atoms with Crippen LogP contribution in [0.2, 0.25) is 0 Å². The van der Waals surface area contributed by atoms with E-state index in [-0.39, 0.29) is 5.88 Å². The number of hydrogen-bond donors (Lipinski definition) is 0. The Bertz CT molecular complexity index is 477. The summed E-state index contributed by atoms with van der Waals surface area (Å²) < 4.78 is 5.07. The van der Waals surface area contributed by atoms with Gasteiger partial charge in [0.2, 0.25) is 5.88 Å². The Morgan fingerprint density at radius 3 is 2.69 bits per heavy atom. The van der Waals surface area contributed by atoms with Gasteiger partial charge < -0.3 is 4.74 Å². The van der Waals surface area contributed by atoms with Crippen LogP contribution >= 0.6 is 0 Å². The standard InChI is InChI=1S/C13H10NO2/c1-10-7-8-12(14-9-10)16-13(15)11-5-3-2-4-6-11/h2-6,8-9H,1H3. The number of rotatable bonds is 2. The molecule has 1 aromatic heterocycles. The maximum atomic E-state index is 11.6. The van der Waals surface area contributed by atoms with Crippen LogP contribution in [0.15, 0.2) is 42.6 Å². The Kier molecular flexibility index (Phi) is 2.96. The highest BCUT2D eigenvalue weighted by molar-refractivity contribution is 5.90. The molecule has 0 aliphatic heterocycles. The van der Waals surface area contributed by atoms with E-state index in [0.29, 0.717) is 5.56 Å². The van der Waals surface area contributed by atoms with Gasteiger partial charge in [0.15, 0.2) is 0 Å². The number of aryl methyl sites for hydroxylation is 1. The summed E-state index contributed by atoms with van der Waals surface area (Å²) in [6.07, 6.45) is 1.60. The van der Waals surface area contributed by atoms with E-state index in [4.69, 9.17) is 4.74 Å². The molecule has 2 aromatic rings. The number of ether oxygens (including phenoxy) is 1. The Morgan fingerprint density at radius 1 is 1.31 bits per heavy atom. The van der Waals surface area contributed by atoms with Crippen molar-refractivity contribution in [2.45, 2.75) is 6.92 Å². The van der Waals surface area contributed by atoms with Gasteiger partial charge in [0.05, 0.1) is 5.56 Å². The fourth-order valence-electron chi connectivity index (χ4n) is 1.19. The number of benzene rings is 1. The lowest BCUT2D eigenvalue weighted by atomic mass is 10.2. The van der Waals surface area contributed by atoms with E-state index in [1.54, 1.807) is 36.5 Å². The molecular formula is C13H10NO2. The van der Waals surface area contributed by atoms with Crippen LogP contribution in [-0.2, 0) is 0 Å². The van der Waals surface area contributed by atoms with Crippen LogP contribution in [0.4, 0.5) is 0 Å². The van der Waals surface area contributed by atoms with Gasteiger partial charge in [-0.1, -0.05) is 18.2 Å². The van der Waals surface area contributed by atoms with Gasteiger partial charge in [-0.3, -0.25) is 0 Å². The van der Waals surface area contributed by atoms with E-state index in [9.17, 15) is 4.79 Å². The molecule has 16 heavy (non-hydrogen) atoms. The van der Waals surface area contributed by atoms with Crippen LogP contribution < -0.4 is 4.74 Å². The molecule has 2 rings (SSSR count). The summed E-state index contributed by atoms with van der Waals surface area (Å²) in [5.41, 5.74) is 1.41. The fraction of sp³-hybridized carbons (Fsp3) is 0.0769. The largest absolute Gasteiger partial charge is 0.404 e. The minimum Gasteiger partial charge on any atom is -0.404 e. The molecule has 1 heterocycles. The van der Waals surface area contributed by atoms with Gasteiger partial charge in [-0.05, 0) is 30.7 Å². The first-order valence-electron chi connectivity index (χ1n) is 4.87. The van der Waals surface area contributed by atoms with Gasteiger partial charge >= 0.3 is 5.97 Å². The summed E-state index contributed by atoms with van der Waals surface area (Å²) in [7, 11) is 0. The maximum absolute atomic E-state index is 11.6. The van der Waals surface area contributed by atoms with Crippen LogP contribution in [-0.4, -0.2) is 11.0 Å². The molecule has 0 N–H and O–H groups in total. The number of carbonyl (C=O) groups is 1. The highest BCUT2D eigenvalue weighted by atomic mass is 16.5. The van der Waals surface area contributed by atoms with Crippen molar-refractivity contribution < 1.29 is 9.53 Å². The zero-order valence-electron chi connectivity index (χ0n) is 8.81. The van der Waals surface area contributed by atoms with Crippen molar-refractivity contribution in [2.24, 2.45) is 0 Å². The SMILES string of the molecule is Cc1[c]cc(OC(=O)c2ccccc2)nc1. The van der Waals surface area contributed by atoms with E-state index in [1.807, 2.05) is 13.0 Å². The summed E-state index contributed by atoms with van der Waals surface area (Å²) in [6.45, 7) is 1.87. The molecule has 3 heteroatoms. The summed E-state index contributed by atoms with van der Waals surface area (Å²) in [4.78, 5) is 15.6. The molecule has 0 atom stereocenters. The van der Waals surface area contributed by atoms with Crippen LogP contribution in [0, 0.1) is 13.0 Å². The first-order chi connectivity index (χ1) is 7.75. The molecular weight excluding hydrogens is 202 g/mol. The van der Waals surface area contributed by atoms with E-state index in [0.717, 1.165) is 5.56 Å². The molecule has 0 aliphatic rings. The zero-order chi connectivity index (χ0) is 11.4. The highest BCUT2D eigenvalue weighted by Gasteiger charge is 2.07. The van der Waals surface area contributed by atoms with Crippen molar-refractivity contribution in [3.8, 4) is 5.88 Å². The molecule has 0 fully saturated rings. The molecule has 0 aliphatic carbocycles. The number of esters is 1. The van der Waals surface area contributed by atoms with E-state index in [2.05, 4.69) is 11.1 Å².